The Morgan fingerprint density at radius 2 is 2.10 bits per heavy atom. The molecule has 1 aromatic carbocycles. The van der Waals surface area contributed by atoms with E-state index in [1.54, 1.807) is 13.2 Å². The predicted molar refractivity (Wildman–Crippen MR) is 83.2 cm³/mol. The number of methoxy groups -OCH3 is 1. The van der Waals surface area contributed by atoms with Crippen LogP contribution in [0.25, 0.3) is 0 Å². The van der Waals surface area contributed by atoms with Crippen LogP contribution in [0.5, 0.6) is 0 Å². The molecule has 0 saturated heterocycles. The minimum atomic E-state index is -0.304. The molecule has 4 heteroatoms. The van der Waals surface area contributed by atoms with E-state index in [1.165, 1.54) is 6.07 Å². The number of hydrogen-bond acceptors (Lipinski definition) is 2. The van der Waals surface area contributed by atoms with Gasteiger partial charge < -0.3 is 10.5 Å². The molecule has 1 saturated carbocycles. The van der Waals surface area contributed by atoms with Crippen molar-refractivity contribution >= 4 is 15.9 Å². The Hall–Kier alpha value is -0.450. The van der Waals surface area contributed by atoms with E-state index in [4.69, 9.17) is 10.5 Å². The van der Waals surface area contributed by atoms with E-state index in [9.17, 15) is 4.39 Å². The molecular weight excluding hydrogens is 321 g/mol. The Labute approximate surface area is 129 Å². The van der Waals surface area contributed by atoms with Gasteiger partial charge in [-0.25, -0.2) is 4.39 Å². The minimum Gasteiger partial charge on any atom is -0.377 e. The summed E-state index contributed by atoms with van der Waals surface area (Å²) in [6.45, 7) is 2.26. The molecule has 0 heterocycles. The lowest BCUT2D eigenvalue weighted by atomic mass is 9.74. The van der Waals surface area contributed by atoms with Gasteiger partial charge in [-0.2, -0.15) is 0 Å². The van der Waals surface area contributed by atoms with Crippen molar-refractivity contribution in [3.8, 4) is 0 Å². The van der Waals surface area contributed by atoms with E-state index < -0.39 is 0 Å². The van der Waals surface area contributed by atoms with Crippen LogP contribution in [0, 0.1) is 11.7 Å². The Kier molecular flexibility index (Phi) is 5.21. The molecule has 1 fully saturated rings. The van der Waals surface area contributed by atoms with Crippen molar-refractivity contribution in [3.05, 3.63) is 34.1 Å². The van der Waals surface area contributed by atoms with E-state index in [1.807, 2.05) is 6.07 Å². The summed E-state index contributed by atoms with van der Waals surface area (Å²) in [5, 5.41) is 0. The van der Waals surface area contributed by atoms with E-state index >= 15 is 0 Å². The van der Waals surface area contributed by atoms with E-state index in [0.29, 0.717) is 12.0 Å². The summed E-state index contributed by atoms with van der Waals surface area (Å²) in [7, 11) is 1.73. The van der Waals surface area contributed by atoms with Gasteiger partial charge >= 0.3 is 0 Å². The van der Waals surface area contributed by atoms with Crippen molar-refractivity contribution in [1.82, 2.24) is 0 Å². The Bertz CT molecular complexity index is 458. The molecule has 2 N–H and O–H groups in total. The third-order valence-corrected chi connectivity index (χ3v) is 5.14. The molecule has 1 atom stereocenters. The Morgan fingerprint density at radius 1 is 1.45 bits per heavy atom. The molecule has 1 unspecified atom stereocenters. The quantitative estimate of drug-likeness (QED) is 0.894. The predicted octanol–water partition coefficient (Wildman–Crippen LogP) is 4.05. The van der Waals surface area contributed by atoms with Gasteiger partial charge in [0.1, 0.15) is 5.82 Å². The zero-order chi connectivity index (χ0) is 14.8. The number of benzene rings is 1. The fourth-order valence-electron chi connectivity index (χ4n) is 3.10. The van der Waals surface area contributed by atoms with Crippen molar-refractivity contribution in [2.24, 2.45) is 11.7 Å². The van der Waals surface area contributed by atoms with Crippen LogP contribution in [-0.2, 0) is 11.2 Å². The number of nitrogens with two attached hydrogens (primary N) is 1. The van der Waals surface area contributed by atoms with Crippen LogP contribution in [0.1, 0.15) is 38.2 Å². The normalized spacial score (nSPS) is 28.4. The van der Waals surface area contributed by atoms with Crippen LogP contribution in [0.4, 0.5) is 4.39 Å². The summed E-state index contributed by atoms with van der Waals surface area (Å²) in [5.41, 5.74) is 6.73. The Balaban J connectivity index is 2.13. The molecule has 0 amide bonds. The lowest BCUT2D eigenvalue weighted by Crippen LogP contribution is -2.52. The molecule has 0 bridgehead atoms. The summed E-state index contributed by atoms with van der Waals surface area (Å²) in [6.07, 6.45) is 4.68. The van der Waals surface area contributed by atoms with Gasteiger partial charge in [0, 0.05) is 17.6 Å². The van der Waals surface area contributed by atoms with Crippen LogP contribution in [0.15, 0.2) is 22.7 Å². The third kappa shape index (κ3) is 3.41. The summed E-state index contributed by atoms with van der Waals surface area (Å²) in [4.78, 5) is 0. The summed E-state index contributed by atoms with van der Waals surface area (Å²) < 4.78 is 20.5. The lowest BCUT2D eigenvalue weighted by molar-refractivity contribution is -0.0660. The maximum Gasteiger partial charge on any atom is 0.126 e. The molecule has 2 rings (SSSR count). The molecule has 1 aliphatic carbocycles. The average molecular weight is 344 g/mol. The standard InChI is InChI=1S/C16H23BrFNO/c1-11-5-7-16(20-2,8-6-11)15(19)10-12-9-13(17)3-4-14(12)18/h3-4,9,11,15H,5-8,10,19H2,1-2H3. The van der Waals surface area contributed by atoms with Gasteiger partial charge in [0.25, 0.3) is 0 Å². The molecule has 2 nitrogen and oxygen atoms in total. The van der Waals surface area contributed by atoms with Gasteiger partial charge in [-0.15, -0.1) is 0 Å². The molecule has 112 valence electrons. The first-order chi connectivity index (χ1) is 9.47. The molecule has 0 radical (unpaired) electrons. The maximum absolute atomic E-state index is 13.9. The van der Waals surface area contributed by atoms with Crippen LogP contribution >= 0.6 is 15.9 Å². The van der Waals surface area contributed by atoms with Crippen LogP contribution in [0.3, 0.4) is 0 Å². The number of ether oxygens (including phenoxy) is 1. The fourth-order valence-corrected chi connectivity index (χ4v) is 3.51. The number of hydrogen-bond donors (Lipinski definition) is 1. The second-order valence-electron chi connectivity index (χ2n) is 6.00. The second kappa shape index (κ2) is 6.54. The Morgan fingerprint density at radius 3 is 2.70 bits per heavy atom. The highest BCUT2D eigenvalue weighted by Crippen LogP contribution is 2.37. The zero-order valence-corrected chi connectivity index (χ0v) is 13.7. The molecule has 20 heavy (non-hydrogen) atoms. The molecule has 0 aromatic heterocycles. The van der Waals surface area contributed by atoms with Crippen LogP contribution in [-0.4, -0.2) is 18.8 Å². The summed E-state index contributed by atoms with van der Waals surface area (Å²) in [5.74, 6) is 0.534. The van der Waals surface area contributed by atoms with Crippen molar-refractivity contribution < 1.29 is 9.13 Å². The fraction of sp³-hybridized carbons (Fsp3) is 0.625. The summed E-state index contributed by atoms with van der Waals surface area (Å²) in [6, 6.07) is 4.82. The van der Waals surface area contributed by atoms with Gasteiger partial charge in [-0.1, -0.05) is 22.9 Å². The number of halogens is 2. The van der Waals surface area contributed by atoms with Crippen LogP contribution < -0.4 is 5.73 Å². The van der Waals surface area contributed by atoms with E-state index in [-0.39, 0.29) is 17.5 Å². The van der Waals surface area contributed by atoms with Gasteiger partial charge in [-0.3, -0.25) is 0 Å². The first-order valence-electron chi connectivity index (χ1n) is 7.21. The second-order valence-corrected chi connectivity index (χ2v) is 6.91. The summed E-state index contributed by atoms with van der Waals surface area (Å²) >= 11 is 3.38. The zero-order valence-electron chi connectivity index (χ0n) is 12.2. The van der Waals surface area contributed by atoms with Gasteiger partial charge in [0.15, 0.2) is 0 Å². The number of rotatable bonds is 4. The first kappa shape index (κ1) is 15.9. The largest absolute Gasteiger partial charge is 0.377 e. The molecule has 0 aliphatic heterocycles. The first-order valence-corrected chi connectivity index (χ1v) is 8.01. The van der Waals surface area contributed by atoms with Crippen molar-refractivity contribution in [2.75, 3.05) is 7.11 Å². The molecular formula is C16H23BrFNO. The van der Waals surface area contributed by atoms with Gasteiger partial charge in [0.05, 0.1) is 5.60 Å². The monoisotopic (exact) mass is 343 g/mol. The SMILES string of the molecule is COC1(C(N)Cc2cc(Br)ccc2F)CCC(C)CC1. The highest BCUT2D eigenvalue weighted by molar-refractivity contribution is 9.10. The highest BCUT2D eigenvalue weighted by Gasteiger charge is 2.39. The lowest BCUT2D eigenvalue weighted by Gasteiger charge is -2.42. The average Bonchev–Trinajstić information content (AvgIpc) is 2.44. The minimum absolute atomic E-state index is 0.177. The van der Waals surface area contributed by atoms with Gasteiger partial charge in [0.2, 0.25) is 0 Å². The van der Waals surface area contributed by atoms with E-state index in [2.05, 4.69) is 22.9 Å². The highest BCUT2D eigenvalue weighted by atomic mass is 79.9. The third-order valence-electron chi connectivity index (χ3n) is 4.65. The molecule has 1 aliphatic rings. The van der Waals surface area contributed by atoms with Crippen LogP contribution in [0.2, 0.25) is 0 Å². The van der Waals surface area contributed by atoms with Gasteiger partial charge in [-0.05, 0) is 61.8 Å². The van der Waals surface area contributed by atoms with Crippen molar-refractivity contribution in [2.45, 2.75) is 50.7 Å². The van der Waals surface area contributed by atoms with E-state index in [0.717, 1.165) is 36.1 Å². The maximum atomic E-state index is 13.9. The molecule has 1 aromatic rings. The van der Waals surface area contributed by atoms with Crippen molar-refractivity contribution in [1.29, 1.82) is 0 Å². The topological polar surface area (TPSA) is 35.2 Å². The molecule has 0 spiro atoms. The van der Waals surface area contributed by atoms with Crippen molar-refractivity contribution in [3.63, 3.8) is 0 Å². The smallest absolute Gasteiger partial charge is 0.126 e.